The van der Waals surface area contributed by atoms with Crippen molar-refractivity contribution in [3.63, 3.8) is 0 Å². The van der Waals surface area contributed by atoms with E-state index in [-0.39, 0.29) is 17.2 Å². The van der Waals surface area contributed by atoms with E-state index in [1.165, 1.54) is 31.2 Å². The van der Waals surface area contributed by atoms with Gasteiger partial charge in [-0.05, 0) is 54.5 Å². The zero-order chi connectivity index (χ0) is 13.8. The topological polar surface area (TPSA) is 29.1 Å². The van der Waals surface area contributed by atoms with Gasteiger partial charge in [-0.2, -0.15) is 11.3 Å². The van der Waals surface area contributed by atoms with Crippen LogP contribution in [0.5, 0.6) is 0 Å². The Labute approximate surface area is 125 Å². The van der Waals surface area contributed by atoms with Gasteiger partial charge in [0.25, 0.3) is 0 Å². The first kappa shape index (κ1) is 13.9. The van der Waals surface area contributed by atoms with Gasteiger partial charge in [-0.15, -0.1) is 0 Å². The first-order valence-corrected chi connectivity index (χ1v) is 8.70. The summed E-state index contributed by atoms with van der Waals surface area (Å²) in [5.74, 6) is 0.455. The molecule has 1 unspecified atom stereocenters. The van der Waals surface area contributed by atoms with Gasteiger partial charge in [-0.25, -0.2) is 0 Å². The summed E-state index contributed by atoms with van der Waals surface area (Å²) in [4.78, 5) is 12.3. The van der Waals surface area contributed by atoms with E-state index < -0.39 is 0 Å². The van der Waals surface area contributed by atoms with Crippen LogP contribution in [0.4, 0.5) is 0 Å². The summed E-state index contributed by atoms with van der Waals surface area (Å²) >= 11 is 1.77. The van der Waals surface area contributed by atoms with Crippen molar-refractivity contribution in [1.82, 2.24) is 5.32 Å². The molecule has 20 heavy (non-hydrogen) atoms. The van der Waals surface area contributed by atoms with Crippen molar-refractivity contribution in [2.75, 3.05) is 6.54 Å². The molecule has 1 amide bonds. The number of allylic oxidation sites excluding steroid dienone is 2. The van der Waals surface area contributed by atoms with Crippen LogP contribution in [0, 0.1) is 5.92 Å². The van der Waals surface area contributed by atoms with Crippen LogP contribution in [0.3, 0.4) is 0 Å². The largest absolute Gasteiger partial charge is 0.355 e. The fraction of sp³-hybridized carbons (Fsp3) is 0.588. The SMILES string of the molecule is O=C(NCC1(c2ccsc2)CCCC1)C1CC=CCC1. The monoisotopic (exact) mass is 289 g/mol. The predicted molar refractivity (Wildman–Crippen MR) is 84.0 cm³/mol. The van der Waals surface area contributed by atoms with Crippen LogP contribution in [0.2, 0.25) is 0 Å². The molecule has 2 aliphatic rings. The Bertz CT molecular complexity index is 471. The van der Waals surface area contributed by atoms with Crippen LogP contribution in [-0.2, 0) is 10.2 Å². The summed E-state index contributed by atoms with van der Waals surface area (Å²) in [7, 11) is 0. The molecule has 1 saturated carbocycles. The molecule has 0 aromatic carbocycles. The lowest BCUT2D eigenvalue weighted by atomic mass is 9.80. The fourth-order valence-corrected chi connectivity index (χ4v) is 4.40. The minimum Gasteiger partial charge on any atom is -0.355 e. The maximum absolute atomic E-state index is 12.3. The molecule has 0 saturated heterocycles. The zero-order valence-electron chi connectivity index (χ0n) is 11.9. The minimum atomic E-state index is 0.195. The number of thiophene rings is 1. The zero-order valence-corrected chi connectivity index (χ0v) is 12.8. The highest BCUT2D eigenvalue weighted by Crippen LogP contribution is 2.41. The van der Waals surface area contributed by atoms with Gasteiger partial charge in [0.2, 0.25) is 5.91 Å². The maximum atomic E-state index is 12.3. The minimum absolute atomic E-state index is 0.195. The molecule has 2 nitrogen and oxygen atoms in total. The van der Waals surface area contributed by atoms with Gasteiger partial charge >= 0.3 is 0 Å². The second kappa shape index (κ2) is 6.13. The second-order valence-corrected chi connectivity index (χ2v) is 6.98. The third-order valence-electron chi connectivity index (χ3n) is 4.94. The molecule has 3 rings (SSSR count). The predicted octanol–water partition coefficient (Wildman–Crippen LogP) is 4.03. The average Bonchev–Trinajstić information content (AvgIpc) is 3.17. The molecule has 1 aromatic heterocycles. The first-order chi connectivity index (χ1) is 9.80. The third kappa shape index (κ3) is 2.83. The number of hydrogen-bond donors (Lipinski definition) is 1. The summed E-state index contributed by atoms with van der Waals surface area (Å²) < 4.78 is 0. The van der Waals surface area contributed by atoms with Crippen molar-refractivity contribution in [1.29, 1.82) is 0 Å². The molecule has 1 fully saturated rings. The molecule has 1 atom stereocenters. The Morgan fingerprint density at radius 3 is 2.85 bits per heavy atom. The highest BCUT2D eigenvalue weighted by molar-refractivity contribution is 7.08. The maximum Gasteiger partial charge on any atom is 0.223 e. The molecule has 0 spiro atoms. The van der Waals surface area contributed by atoms with Crippen molar-refractivity contribution in [3.05, 3.63) is 34.5 Å². The highest BCUT2D eigenvalue weighted by Gasteiger charge is 2.36. The number of carbonyl (C=O) groups is 1. The van der Waals surface area contributed by atoms with Crippen molar-refractivity contribution in [2.24, 2.45) is 5.92 Å². The van der Waals surface area contributed by atoms with Crippen molar-refractivity contribution in [3.8, 4) is 0 Å². The summed E-state index contributed by atoms with van der Waals surface area (Å²) in [6, 6.07) is 2.24. The second-order valence-electron chi connectivity index (χ2n) is 6.20. The Morgan fingerprint density at radius 2 is 2.20 bits per heavy atom. The average molecular weight is 289 g/mol. The van der Waals surface area contributed by atoms with Gasteiger partial charge in [-0.3, -0.25) is 4.79 Å². The number of nitrogens with one attached hydrogen (secondary N) is 1. The Kier molecular flexibility index (Phi) is 4.25. The molecule has 1 N–H and O–H groups in total. The van der Waals surface area contributed by atoms with Gasteiger partial charge in [0.1, 0.15) is 0 Å². The molecule has 3 heteroatoms. The van der Waals surface area contributed by atoms with Gasteiger partial charge in [0.15, 0.2) is 0 Å². The number of hydrogen-bond acceptors (Lipinski definition) is 2. The van der Waals surface area contributed by atoms with E-state index in [4.69, 9.17) is 0 Å². The van der Waals surface area contributed by atoms with Crippen molar-refractivity contribution >= 4 is 17.2 Å². The Balaban J connectivity index is 1.63. The number of carbonyl (C=O) groups excluding carboxylic acids is 1. The molecule has 0 aliphatic heterocycles. The van der Waals surface area contributed by atoms with E-state index >= 15 is 0 Å². The van der Waals surface area contributed by atoms with E-state index in [2.05, 4.69) is 34.3 Å². The highest BCUT2D eigenvalue weighted by atomic mass is 32.1. The standard InChI is InChI=1S/C17H23NOS/c19-16(14-6-2-1-3-7-14)18-13-17(9-4-5-10-17)15-8-11-20-12-15/h1-2,8,11-12,14H,3-7,9-10,13H2,(H,18,19). The van der Waals surface area contributed by atoms with E-state index in [1.54, 1.807) is 11.3 Å². The van der Waals surface area contributed by atoms with Gasteiger partial charge < -0.3 is 5.32 Å². The lowest BCUT2D eigenvalue weighted by Gasteiger charge is -2.30. The fourth-order valence-electron chi connectivity index (χ4n) is 3.62. The molecular formula is C17H23NOS. The van der Waals surface area contributed by atoms with Crippen molar-refractivity contribution < 1.29 is 4.79 Å². The molecule has 108 valence electrons. The van der Waals surface area contributed by atoms with Gasteiger partial charge in [0, 0.05) is 17.9 Å². The molecule has 1 aromatic rings. The molecular weight excluding hydrogens is 266 g/mol. The van der Waals surface area contributed by atoms with Crippen LogP contribution >= 0.6 is 11.3 Å². The Hall–Kier alpha value is -1.09. The van der Waals surface area contributed by atoms with Crippen LogP contribution in [0.1, 0.15) is 50.5 Å². The van der Waals surface area contributed by atoms with E-state index in [0.29, 0.717) is 0 Å². The van der Waals surface area contributed by atoms with Crippen LogP contribution < -0.4 is 5.32 Å². The summed E-state index contributed by atoms with van der Waals surface area (Å²) in [6.45, 7) is 0.822. The first-order valence-electron chi connectivity index (χ1n) is 7.76. The normalized spacial score (nSPS) is 24.7. The number of amides is 1. The lowest BCUT2D eigenvalue weighted by Crippen LogP contribution is -2.41. The van der Waals surface area contributed by atoms with Gasteiger partial charge in [0.05, 0.1) is 0 Å². The molecule has 2 aliphatic carbocycles. The molecule has 0 radical (unpaired) electrons. The Morgan fingerprint density at radius 1 is 1.35 bits per heavy atom. The van der Waals surface area contributed by atoms with Crippen LogP contribution in [-0.4, -0.2) is 12.5 Å². The lowest BCUT2D eigenvalue weighted by molar-refractivity contribution is -0.125. The quantitative estimate of drug-likeness (QED) is 0.833. The van der Waals surface area contributed by atoms with Crippen molar-refractivity contribution in [2.45, 2.75) is 50.4 Å². The van der Waals surface area contributed by atoms with Crippen LogP contribution in [0.25, 0.3) is 0 Å². The van der Waals surface area contributed by atoms with Crippen LogP contribution in [0.15, 0.2) is 29.0 Å². The summed E-state index contributed by atoms with van der Waals surface area (Å²) in [6.07, 6.45) is 12.3. The smallest absolute Gasteiger partial charge is 0.223 e. The summed E-state index contributed by atoms with van der Waals surface area (Å²) in [5.41, 5.74) is 1.64. The number of rotatable bonds is 4. The van der Waals surface area contributed by atoms with E-state index in [9.17, 15) is 4.79 Å². The molecule has 1 heterocycles. The van der Waals surface area contributed by atoms with E-state index in [0.717, 1.165) is 25.8 Å². The third-order valence-corrected chi connectivity index (χ3v) is 5.62. The van der Waals surface area contributed by atoms with Gasteiger partial charge in [-0.1, -0.05) is 25.0 Å². The molecule has 0 bridgehead atoms. The summed E-state index contributed by atoms with van der Waals surface area (Å²) in [5, 5.41) is 7.68. The van der Waals surface area contributed by atoms with E-state index in [1.807, 2.05) is 0 Å².